The average Bonchev–Trinajstić information content (AvgIpc) is 3.15. The summed E-state index contributed by atoms with van der Waals surface area (Å²) < 4.78 is 14.7. The molecule has 1 aliphatic rings. The van der Waals surface area contributed by atoms with Crippen molar-refractivity contribution in [2.24, 2.45) is 5.92 Å². The van der Waals surface area contributed by atoms with Crippen LogP contribution in [-0.4, -0.2) is 47.3 Å². The topological polar surface area (TPSA) is 50.2 Å². The summed E-state index contributed by atoms with van der Waals surface area (Å²) in [4.78, 5) is 14.6. The first-order chi connectivity index (χ1) is 11.1. The van der Waals surface area contributed by atoms with Crippen molar-refractivity contribution in [3.63, 3.8) is 0 Å². The Balaban J connectivity index is 0.00000208. The molecule has 130 valence electrons. The maximum absolute atomic E-state index is 13.0. The molecule has 1 fully saturated rings. The van der Waals surface area contributed by atoms with Gasteiger partial charge >= 0.3 is 0 Å². The molecule has 1 N–H and O–H groups in total. The van der Waals surface area contributed by atoms with Crippen LogP contribution in [0.4, 0.5) is 4.39 Å². The molecule has 0 bridgehead atoms. The summed E-state index contributed by atoms with van der Waals surface area (Å²) in [6.45, 7) is 4.36. The van der Waals surface area contributed by atoms with E-state index in [4.69, 9.17) is 0 Å². The van der Waals surface area contributed by atoms with Gasteiger partial charge in [0, 0.05) is 13.1 Å². The normalized spacial score (nSPS) is 17.0. The van der Waals surface area contributed by atoms with Crippen molar-refractivity contribution in [2.45, 2.75) is 13.3 Å². The summed E-state index contributed by atoms with van der Waals surface area (Å²) in [6.07, 6.45) is 2.63. The number of halogens is 2. The lowest BCUT2D eigenvalue weighted by molar-refractivity contribution is 0.0786. The van der Waals surface area contributed by atoms with Gasteiger partial charge in [-0.15, -0.1) is 12.4 Å². The van der Waals surface area contributed by atoms with E-state index in [0.717, 1.165) is 37.4 Å². The first-order valence-electron chi connectivity index (χ1n) is 7.84. The predicted octanol–water partition coefficient (Wildman–Crippen LogP) is 2.42. The number of rotatable bonds is 4. The lowest BCUT2D eigenvalue weighted by atomic mass is 10.1. The average molecular weight is 353 g/mol. The largest absolute Gasteiger partial charge is 0.338 e. The van der Waals surface area contributed by atoms with E-state index >= 15 is 0 Å². The van der Waals surface area contributed by atoms with E-state index in [0.29, 0.717) is 11.5 Å². The smallest absolute Gasteiger partial charge is 0.257 e. The molecule has 1 aromatic carbocycles. The van der Waals surface area contributed by atoms with E-state index < -0.39 is 0 Å². The molecular formula is C17H22ClFN4O. The van der Waals surface area contributed by atoms with E-state index in [1.165, 1.54) is 12.1 Å². The molecule has 1 atom stereocenters. The third-order valence-electron chi connectivity index (χ3n) is 4.38. The lowest BCUT2D eigenvalue weighted by Crippen LogP contribution is -2.30. The molecule has 0 saturated carbocycles. The van der Waals surface area contributed by atoms with Crippen LogP contribution < -0.4 is 5.32 Å². The Labute approximate surface area is 147 Å². The van der Waals surface area contributed by atoms with Crippen LogP contribution in [0.25, 0.3) is 5.69 Å². The number of likely N-dealkylation sites (tertiary alicyclic amines) is 1. The van der Waals surface area contributed by atoms with Gasteiger partial charge < -0.3 is 10.2 Å². The van der Waals surface area contributed by atoms with Crippen LogP contribution in [0.15, 0.2) is 30.5 Å². The molecule has 5 nitrogen and oxygen atoms in total. The van der Waals surface area contributed by atoms with E-state index in [1.54, 1.807) is 23.0 Å². The SMILES string of the molecule is CNCC1CCN(C(=O)c2cnn(-c3ccc(F)cc3)c2C)C1.Cl. The molecule has 1 unspecified atom stereocenters. The van der Waals surface area contributed by atoms with Crippen molar-refractivity contribution in [2.75, 3.05) is 26.7 Å². The minimum absolute atomic E-state index is 0. The highest BCUT2D eigenvalue weighted by atomic mass is 35.5. The van der Waals surface area contributed by atoms with Crippen molar-refractivity contribution in [1.29, 1.82) is 0 Å². The Kier molecular flexibility index (Phi) is 5.96. The van der Waals surface area contributed by atoms with Crippen LogP contribution in [0.3, 0.4) is 0 Å². The van der Waals surface area contributed by atoms with Crippen LogP contribution in [0.2, 0.25) is 0 Å². The Hall–Kier alpha value is -1.92. The molecule has 0 radical (unpaired) electrons. The highest BCUT2D eigenvalue weighted by molar-refractivity contribution is 5.95. The third kappa shape index (κ3) is 3.60. The first kappa shape index (κ1) is 18.4. The van der Waals surface area contributed by atoms with Gasteiger partial charge in [0.2, 0.25) is 0 Å². The number of hydrogen-bond donors (Lipinski definition) is 1. The number of hydrogen-bond acceptors (Lipinski definition) is 3. The van der Waals surface area contributed by atoms with Crippen molar-refractivity contribution in [3.05, 3.63) is 47.5 Å². The number of carbonyl (C=O) groups is 1. The van der Waals surface area contributed by atoms with Crippen LogP contribution in [0, 0.1) is 18.7 Å². The van der Waals surface area contributed by atoms with E-state index in [1.807, 2.05) is 18.9 Å². The van der Waals surface area contributed by atoms with Crippen LogP contribution in [-0.2, 0) is 0 Å². The van der Waals surface area contributed by atoms with Gasteiger partial charge in [-0.1, -0.05) is 0 Å². The molecule has 0 aliphatic carbocycles. The summed E-state index contributed by atoms with van der Waals surface area (Å²) in [6, 6.07) is 6.09. The Morgan fingerprint density at radius 1 is 1.38 bits per heavy atom. The standard InChI is InChI=1S/C17H21FN4O.ClH/c1-12-16(17(23)21-8-7-13(11-21)9-19-2)10-20-22(12)15-5-3-14(18)4-6-15;/h3-6,10,13,19H,7-9,11H2,1-2H3;1H. The van der Waals surface area contributed by atoms with E-state index in [2.05, 4.69) is 10.4 Å². The molecule has 1 aliphatic heterocycles. The number of benzene rings is 1. The Morgan fingerprint density at radius 3 is 2.75 bits per heavy atom. The Morgan fingerprint density at radius 2 is 2.08 bits per heavy atom. The number of nitrogens with zero attached hydrogens (tertiary/aromatic N) is 3. The van der Waals surface area contributed by atoms with E-state index in [9.17, 15) is 9.18 Å². The van der Waals surface area contributed by atoms with Gasteiger partial charge in [-0.05, 0) is 57.1 Å². The summed E-state index contributed by atoms with van der Waals surface area (Å²) in [5.41, 5.74) is 2.13. The zero-order valence-electron chi connectivity index (χ0n) is 13.8. The molecule has 2 aromatic rings. The zero-order chi connectivity index (χ0) is 16.4. The van der Waals surface area contributed by atoms with Gasteiger partial charge in [0.25, 0.3) is 5.91 Å². The monoisotopic (exact) mass is 352 g/mol. The highest BCUT2D eigenvalue weighted by Gasteiger charge is 2.28. The molecule has 2 heterocycles. The maximum Gasteiger partial charge on any atom is 0.257 e. The Bertz CT molecular complexity index is 701. The van der Waals surface area contributed by atoms with Gasteiger partial charge in [-0.25, -0.2) is 9.07 Å². The van der Waals surface area contributed by atoms with Gasteiger partial charge in [-0.2, -0.15) is 5.10 Å². The number of aromatic nitrogens is 2. The van der Waals surface area contributed by atoms with Crippen molar-refractivity contribution >= 4 is 18.3 Å². The van der Waals surface area contributed by atoms with Gasteiger partial charge in [0.1, 0.15) is 5.82 Å². The van der Waals surface area contributed by atoms with Crippen LogP contribution in [0.5, 0.6) is 0 Å². The minimum Gasteiger partial charge on any atom is -0.338 e. The first-order valence-corrected chi connectivity index (χ1v) is 7.84. The van der Waals surface area contributed by atoms with Crippen molar-refractivity contribution < 1.29 is 9.18 Å². The van der Waals surface area contributed by atoms with Crippen LogP contribution in [0.1, 0.15) is 22.5 Å². The van der Waals surface area contributed by atoms with Crippen LogP contribution >= 0.6 is 12.4 Å². The van der Waals surface area contributed by atoms with Crippen molar-refractivity contribution in [1.82, 2.24) is 20.0 Å². The molecule has 1 aromatic heterocycles. The quantitative estimate of drug-likeness (QED) is 0.919. The summed E-state index contributed by atoms with van der Waals surface area (Å²) in [7, 11) is 1.93. The number of carbonyl (C=O) groups excluding carboxylic acids is 1. The van der Waals surface area contributed by atoms with E-state index in [-0.39, 0.29) is 24.1 Å². The second-order valence-electron chi connectivity index (χ2n) is 6.00. The summed E-state index contributed by atoms with van der Waals surface area (Å²) >= 11 is 0. The maximum atomic E-state index is 13.0. The molecule has 3 rings (SSSR count). The predicted molar refractivity (Wildman–Crippen MR) is 93.4 cm³/mol. The molecular weight excluding hydrogens is 331 g/mol. The molecule has 7 heteroatoms. The second-order valence-corrected chi connectivity index (χ2v) is 6.00. The number of nitrogens with one attached hydrogen (secondary N) is 1. The third-order valence-corrected chi connectivity index (χ3v) is 4.38. The second kappa shape index (κ2) is 7.77. The number of amides is 1. The zero-order valence-corrected chi connectivity index (χ0v) is 14.6. The fourth-order valence-corrected chi connectivity index (χ4v) is 3.10. The fourth-order valence-electron chi connectivity index (χ4n) is 3.10. The molecule has 1 saturated heterocycles. The molecule has 1 amide bonds. The summed E-state index contributed by atoms with van der Waals surface area (Å²) in [5.74, 6) is 0.244. The van der Waals surface area contributed by atoms with Gasteiger partial charge in [0.05, 0.1) is 23.1 Å². The minimum atomic E-state index is -0.289. The van der Waals surface area contributed by atoms with Gasteiger partial charge in [-0.3, -0.25) is 4.79 Å². The molecule has 24 heavy (non-hydrogen) atoms. The molecule has 0 spiro atoms. The lowest BCUT2D eigenvalue weighted by Gasteiger charge is -2.16. The highest BCUT2D eigenvalue weighted by Crippen LogP contribution is 2.21. The fraction of sp³-hybridized carbons (Fsp3) is 0.412. The van der Waals surface area contributed by atoms with Gasteiger partial charge in [0.15, 0.2) is 0 Å². The van der Waals surface area contributed by atoms with Crippen molar-refractivity contribution in [3.8, 4) is 5.69 Å². The summed E-state index contributed by atoms with van der Waals surface area (Å²) in [5, 5.41) is 7.46.